The molecule has 1 aliphatic carbocycles. The van der Waals surface area contributed by atoms with Gasteiger partial charge in [0.25, 0.3) is 5.92 Å². The quantitative estimate of drug-likeness (QED) is 0.311. The summed E-state index contributed by atoms with van der Waals surface area (Å²) >= 11 is 0. The molecule has 0 radical (unpaired) electrons. The molecule has 0 bridgehead atoms. The molecule has 1 rings (SSSR count). The highest BCUT2D eigenvalue weighted by molar-refractivity contribution is 5.87. The van der Waals surface area contributed by atoms with Crippen LogP contribution in [0.4, 0.5) is 22.0 Å². The van der Waals surface area contributed by atoms with Gasteiger partial charge in [-0.25, -0.2) is 13.6 Å². The average Bonchev–Trinajstić information content (AvgIpc) is 2.43. The summed E-state index contributed by atoms with van der Waals surface area (Å²) in [5.74, 6) is -4.27. The highest BCUT2D eigenvalue weighted by Crippen LogP contribution is 2.36. The maximum atomic E-state index is 13.5. The molecule has 0 aromatic heterocycles. The molecule has 0 saturated heterocycles. The van der Waals surface area contributed by atoms with E-state index in [0.29, 0.717) is 6.42 Å². The number of carbonyl (C=O) groups is 1. The van der Waals surface area contributed by atoms with Crippen molar-refractivity contribution in [2.24, 2.45) is 5.92 Å². The van der Waals surface area contributed by atoms with Gasteiger partial charge in [-0.05, 0) is 25.7 Å². The molecular weight excluding hydrogens is 331 g/mol. The third-order valence-corrected chi connectivity index (χ3v) is 4.23. The first-order valence-corrected chi connectivity index (χ1v) is 8.29. The summed E-state index contributed by atoms with van der Waals surface area (Å²) in [6.45, 7) is 4.88. The van der Waals surface area contributed by atoms with E-state index in [1.54, 1.807) is 0 Å². The molecule has 0 N–H and O–H groups in total. The average molecular weight is 356 g/mol. The zero-order valence-corrected chi connectivity index (χ0v) is 13.9. The lowest BCUT2D eigenvalue weighted by molar-refractivity contribution is -0.191. The standard InChI is InChI=1S/C17H25F5O2/c1-12(2)15(23)24-14(10-13-6-4-3-5-7-13)8-9-16(18,19)11-17(20,21)22/h13-14H,1,3-11H2,2H3. The number of esters is 1. The minimum Gasteiger partial charge on any atom is -0.459 e. The van der Waals surface area contributed by atoms with E-state index in [1.807, 2.05) is 0 Å². The lowest BCUT2D eigenvalue weighted by Gasteiger charge is -2.28. The Morgan fingerprint density at radius 3 is 2.25 bits per heavy atom. The molecule has 2 nitrogen and oxygen atoms in total. The monoisotopic (exact) mass is 356 g/mol. The van der Waals surface area contributed by atoms with Crippen LogP contribution in [0.15, 0.2) is 12.2 Å². The SMILES string of the molecule is C=C(C)C(=O)OC(CCC(F)(F)CC(F)(F)F)CC1CCCCC1. The number of hydrogen-bond donors (Lipinski definition) is 0. The third-order valence-electron chi connectivity index (χ3n) is 4.23. The molecule has 1 unspecified atom stereocenters. The molecule has 0 aromatic rings. The number of carbonyl (C=O) groups excluding carboxylic acids is 1. The molecule has 1 aliphatic rings. The van der Waals surface area contributed by atoms with Gasteiger partial charge < -0.3 is 4.74 Å². The van der Waals surface area contributed by atoms with Crippen LogP contribution in [-0.2, 0) is 9.53 Å². The Labute approximate surface area is 139 Å². The molecule has 24 heavy (non-hydrogen) atoms. The maximum Gasteiger partial charge on any atom is 0.394 e. The first kappa shape index (κ1) is 20.9. The first-order valence-electron chi connectivity index (χ1n) is 8.29. The predicted octanol–water partition coefficient (Wildman–Crippen LogP) is 5.81. The molecule has 0 spiro atoms. The number of halogens is 5. The molecule has 0 aromatic carbocycles. The van der Waals surface area contributed by atoms with Crippen LogP contribution >= 0.6 is 0 Å². The van der Waals surface area contributed by atoms with E-state index in [0.717, 1.165) is 32.1 Å². The topological polar surface area (TPSA) is 26.3 Å². The Kier molecular flexibility index (Phi) is 7.67. The van der Waals surface area contributed by atoms with Gasteiger partial charge in [-0.1, -0.05) is 38.7 Å². The Balaban J connectivity index is 2.62. The lowest BCUT2D eigenvalue weighted by atomic mass is 9.84. The smallest absolute Gasteiger partial charge is 0.394 e. The molecule has 7 heteroatoms. The van der Waals surface area contributed by atoms with Crippen LogP contribution in [0.5, 0.6) is 0 Å². The molecule has 0 amide bonds. The zero-order valence-electron chi connectivity index (χ0n) is 13.9. The highest BCUT2D eigenvalue weighted by atomic mass is 19.4. The number of ether oxygens (including phenoxy) is 1. The minimum absolute atomic E-state index is 0.144. The van der Waals surface area contributed by atoms with Crippen molar-refractivity contribution in [1.29, 1.82) is 0 Å². The van der Waals surface area contributed by atoms with E-state index < -0.39 is 37.0 Å². The predicted molar refractivity (Wildman–Crippen MR) is 80.7 cm³/mol. The van der Waals surface area contributed by atoms with Gasteiger partial charge in [-0.2, -0.15) is 13.2 Å². The van der Waals surface area contributed by atoms with Crippen molar-refractivity contribution >= 4 is 5.97 Å². The van der Waals surface area contributed by atoms with Crippen molar-refractivity contribution in [3.05, 3.63) is 12.2 Å². The summed E-state index contributed by atoms with van der Waals surface area (Å²) in [5, 5.41) is 0. The van der Waals surface area contributed by atoms with Crippen LogP contribution in [-0.4, -0.2) is 24.2 Å². The van der Waals surface area contributed by atoms with E-state index >= 15 is 0 Å². The molecule has 0 heterocycles. The van der Waals surface area contributed by atoms with Gasteiger partial charge in [0.2, 0.25) is 0 Å². The van der Waals surface area contributed by atoms with Crippen molar-refractivity contribution in [3.8, 4) is 0 Å². The Hall–Kier alpha value is -1.14. The van der Waals surface area contributed by atoms with Crippen molar-refractivity contribution in [3.63, 3.8) is 0 Å². The summed E-state index contributed by atoms with van der Waals surface area (Å²) in [7, 11) is 0. The summed E-state index contributed by atoms with van der Waals surface area (Å²) in [6.07, 6.45) is -3.62. The van der Waals surface area contributed by atoms with E-state index in [9.17, 15) is 26.7 Å². The van der Waals surface area contributed by atoms with Crippen LogP contribution in [0.1, 0.15) is 64.7 Å². The third kappa shape index (κ3) is 8.64. The molecule has 0 aliphatic heterocycles. The Bertz CT molecular complexity index is 425. The fraction of sp³-hybridized carbons (Fsp3) is 0.824. The zero-order chi connectivity index (χ0) is 18.4. The molecule has 140 valence electrons. The van der Waals surface area contributed by atoms with E-state index in [-0.39, 0.29) is 17.9 Å². The summed E-state index contributed by atoms with van der Waals surface area (Å²) in [4.78, 5) is 11.7. The van der Waals surface area contributed by atoms with E-state index in [2.05, 4.69) is 6.58 Å². The molecular formula is C17H25F5O2. The Morgan fingerprint density at radius 2 is 1.75 bits per heavy atom. The van der Waals surface area contributed by atoms with Gasteiger partial charge in [0, 0.05) is 12.0 Å². The van der Waals surface area contributed by atoms with Crippen molar-refractivity contribution in [2.45, 2.75) is 82.9 Å². The summed E-state index contributed by atoms with van der Waals surface area (Å²) in [5.41, 5.74) is 0.144. The minimum atomic E-state index is -4.92. The van der Waals surface area contributed by atoms with Gasteiger partial charge >= 0.3 is 12.1 Å². The second-order valence-corrected chi connectivity index (χ2v) is 6.73. The summed E-state index contributed by atoms with van der Waals surface area (Å²) in [6, 6.07) is 0. The van der Waals surface area contributed by atoms with Gasteiger partial charge in [0.1, 0.15) is 12.5 Å². The van der Waals surface area contributed by atoms with Crippen LogP contribution < -0.4 is 0 Å². The molecule has 1 fully saturated rings. The van der Waals surface area contributed by atoms with Crippen molar-refractivity contribution < 1.29 is 31.5 Å². The van der Waals surface area contributed by atoms with Gasteiger partial charge in [-0.15, -0.1) is 0 Å². The van der Waals surface area contributed by atoms with Crippen LogP contribution in [0.25, 0.3) is 0 Å². The number of rotatable bonds is 8. The van der Waals surface area contributed by atoms with Crippen LogP contribution in [0, 0.1) is 5.92 Å². The molecule has 1 saturated carbocycles. The van der Waals surface area contributed by atoms with E-state index in [1.165, 1.54) is 6.92 Å². The first-order chi connectivity index (χ1) is 11.0. The van der Waals surface area contributed by atoms with E-state index in [4.69, 9.17) is 4.74 Å². The molecule has 1 atom stereocenters. The second-order valence-electron chi connectivity index (χ2n) is 6.73. The number of alkyl halides is 5. The fourth-order valence-corrected chi connectivity index (χ4v) is 3.03. The second kappa shape index (κ2) is 8.81. The highest BCUT2D eigenvalue weighted by Gasteiger charge is 2.43. The number of hydrogen-bond acceptors (Lipinski definition) is 2. The van der Waals surface area contributed by atoms with Crippen molar-refractivity contribution in [2.75, 3.05) is 0 Å². The lowest BCUT2D eigenvalue weighted by Crippen LogP contribution is -2.29. The maximum absolute atomic E-state index is 13.5. The fourth-order valence-electron chi connectivity index (χ4n) is 3.03. The largest absolute Gasteiger partial charge is 0.459 e. The Morgan fingerprint density at radius 1 is 1.17 bits per heavy atom. The normalized spacial score (nSPS) is 18.2. The summed E-state index contributed by atoms with van der Waals surface area (Å²) < 4.78 is 68.7. The van der Waals surface area contributed by atoms with Crippen LogP contribution in [0.2, 0.25) is 0 Å². The van der Waals surface area contributed by atoms with Crippen LogP contribution in [0.3, 0.4) is 0 Å². The van der Waals surface area contributed by atoms with Gasteiger partial charge in [-0.3, -0.25) is 0 Å². The van der Waals surface area contributed by atoms with Gasteiger partial charge in [0.15, 0.2) is 0 Å². The van der Waals surface area contributed by atoms with Crippen molar-refractivity contribution in [1.82, 2.24) is 0 Å². The van der Waals surface area contributed by atoms with Gasteiger partial charge in [0.05, 0.1) is 0 Å².